The number of carbonyl (C=O) groups excluding carboxylic acids is 1. The monoisotopic (exact) mass is 451 g/mol. The maximum Gasteiger partial charge on any atom is 0.222 e. The molecule has 0 aromatic heterocycles. The van der Waals surface area contributed by atoms with Gasteiger partial charge >= 0.3 is 0 Å². The highest BCUT2D eigenvalue weighted by Crippen LogP contribution is 2.28. The van der Waals surface area contributed by atoms with Crippen molar-refractivity contribution >= 4 is 5.91 Å². The largest absolute Gasteiger partial charge is 0.508 e. The summed E-state index contributed by atoms with van der Waals surface area (Å²) in [5, 5.41) is 10.2. The maximum absolute atomic E-state index is 12.8. The molecular weight excluding hydrogens is 414 g/mol. The van der Waals surface area contributed by atoms with E-state index in [0.717, 1.165) is 76.5 Å². The van der Waals surface area contributed by atoms with Crippen LogP contribution in [-0.4, -0.2) is 72.1 Å². The molecule has 2 saturated heterocycles. The number of benzene rings is 2. The molecular formula is C27H37N3O3. The average Bonchev–Trinajstić information content (AvgIpc) is 2.85. The van der Waals surface area contributed by atoms with Crippen molar-refractivity contribution in [2.24, 2.45) is 5.92 Å². The number of rotatable bonds is 8. The zero-order valence-electron chi connectivity index (χ0n) is 19.8. The minimum atomic E-state index is 0.303. The van der Waals surface area contributed by atoms with Crippen molar-refractivity contribution in [1.29, 1.82) is 0 Å². The zero-order chi connectivity index (χ0) is 23.0. The first-order valence-corrected chi connectivity index (χ1v) is 12.2. The van der Waals surface area contributed by atoms with Gasteiger partial charge in [0.25, 0.3) is 0 Å². The Morgan fingerprint density at radius 3 is 2.55 bits per heavy atom. The molecule has 2 aromatic carbocycles. The number of likely N-dealkylation sites (tertiary alicyclic amines) is 1. The van der Waals surface area contributed by atoms with E-state index in [1.807, 2.05) is 12.1 Å². The van der Waals surface area contributed by atoms with Gasteiger partial charge < -0.3 is 14.7 Å². The fourth-order valence-corrected chi connectivity index (χ4v) is 5.07. The van der Waals surface area contributed by atoms with E-state index < -0.39 is 0 Å². The number of phenols is 1. The third-order valence-corrected chi connectivity index (χ3v) is 7.02. The van der Waals surface area contributed by atoms with Crippen molar-refractivity contribution in [3.63, 3.8) is 0 Å². The number of aromatic hydroxyl groups is 1. The van der Waals surface area contributed by atoms with Crippen LogP contribution in [0.25, 0.3) is 0 Å². The summed E-state index contributed by atoms with van der Waals surface area (Å²) in [5.74, 6) is 1.93. The Bertz CT molecular complexity index is 897. The van der Waals surface area contributed by atoms with Crippen molar-refractivity contribution in [3.8, 4) is 11.5 Å². The molecule has 2 fully saturated rings. The fraction of sp³-hybridized carbons (Fsp3) is 0.519. The molecule has 4 rings (SSSR count). The topological polar surface area (TPSA) is 56.3 Å². The Hall–Kier alpha value is -2.57. The first-order valence-electron chi connectivity index (χ1n) is 12.2. The smallest absolute Gasteiger partial charge is 0.222 e. The second-order valence-electron chi connectivity index (χ2n) is 9.42. The molecule has 6 nitrogen and oxygen atoms in total. The number of hydrogen-bond donors (Lipinski definition) is 1. The van der Waals surface area contributed by atoms with Crippen LogP contribution in [0.5, 0.6) is 11.5 Å². The number of piperidine rings is 1. The normalized spacial score (nSPS) is 20.0. The Morgan fingerprint density at radius 2 is 1.79 bits per heavy atom. The summed E-state index contributed by atoms with van der Waals surface area (Å²) in [5.41, 5.74) is 2.24. The summed E-state index contributed by atoms with van der Waals surface area (Å²) in [4.78, 5) is 19.7. The van der Waals surface area contributed by atoms with Crippen LogP contribution < -0.4 is 4.74 Å². The van der Waals surface area contributed by atoms with Gasteiger partial charge in [-0.3, -0.25) is 14.6 Å². The third-order valence-electron chi connectivity index (χ3n) is 7.02. The highest BCUT2D eigenvalue weighted by Gasteiger charge is 2.25. The van der Waals surface area contributed by atoms with Crippen LogP contribution >= 0.6 is 0 Å². The molecule has 33 heavy (non-hydrogen) atoms. The predicted octanol–water partition coefficient (Wildman–Crippen LogP) is 3.74. The third kappa shape index (κ3) is 6.71. The molecule has 2 aliphatic heterocycles. The summed E-state index contributed by atoms with van der Waals surface area (Å²) in [6.45, 7) is 7.25. The SMILES string of the molecule is COc1ccc(O)c(CN2CCC[C@H](CCC(=O)N3CCN(Cc4ccccc4)CC3)C2)c1. The van der Waals surface area contributed by atoms with E-state index in [4.69, 9.17) is 4.74 Å². The molecule has 0 bridgehead atoms. The van der Waals surface area contributed by atoms with E-state index in [0.29, 0.717) is 24.0 Å². The summed E-state index contributed by atoms with van der Waals surface area (Å²) in [6, 6.07) is 16.0. The molecule has 1 atom stereocenters. The maximum atomic E-state index is 12.8. The van der Waals surface area contributed by atoms with Crippen LogP contribution in [0.3, 0.4) is 0 Å². The van der Waals surface area contributed by atoms with E-state index in [2.05, 4.69) is 39.0 Å². The summed E-state index contributed by atoms with van der Waals surface area (Å²) in [7, 11) is 1.65. The van der Waals surface area contributed by atoms with Gasteiger partial charge in [-0.25, -0.2) is 0 Å². The molecule has 2 aromatic rings. The quantitative estimate of drug-likeness (QED) is 0.663. The van der Waals surface area contributed by atoms with Gasteiger partial charge in [-0.05, 0) is 55.5 Å². The van der Waals surface area contributed by atoms with Gasteiger partial charge in [-0.15, -0.1) is 0 Å². The lowest BCUT2D eigenvalue weighted by Gasteiger charge is -2.36. The molecule has 0 spiro atoms. The molecule has 178 valence electrons. The Balaban J connectivity index is 1.19. The van der Waals surface area contributed by atoms with E-state index in [9.17, 15) is 9.90 Å². The van der Waals surface area contributed by atoms with Crippen molar-refractivity contribution in [1.82, 2.24) is 14.7 Å². The van der Waals surface area contributed by atoms with Gasteiger partial charge in [0, 0.05) is 57.8 Å². The van der Waals surface area contributed by atoms with Crippen LogP contribution in [0.15, 0.2) is 48.5 Å². The molecule has 0 saturated carbocycles. The lowest BCUT2D eigenvalue weighted by Crippen LogP contribution is -2.48. The number of hydrogen-bond acceptors (Lipinski definition) is 5. The van der Waals surface area contributed by atoms with Gasteiger partial charge in [0.1, 0.15) is 11.5 Å². The minimum absolute atomic E-state index is 0.303. The van der Waals surface area contributed by atoms with Gasteiger partial charge in [-0.2, -0.15) is 0 Å². The Labute approximate surface area is 197 Å². The molecule has 0 radical (unpaired) electrons. The average molecular weight is 452 g/mol. The Morgan fingerprint density at radius 1 is 1.00 bits per heavy atom. The highest BCUT2D eigenvalue weighted by molar-refractivity contribution is 5.76. The van der Waals surface area contributed by atoms with Crippen molar-refractivity contribution in [2.45, 2.75) is 38.8 Å². The number of methoxy groups -OCH3 is 1. The van der Waals surface area contributed by atoms with Crippen LogP contribution in [0.4, 0.5) is 0 Å². The second kappa shape index (κ2) is 11.5. The highest BCUT2D eigenvalue weighted by atomic mass is 16.5. The van der Waals surface area contributed by atoms with Gasteiger partial charge in [-0.1, -0.05) is 30.3 Å². The predicted molar refractivity (Wildman–Crippen MR) is 130 cm³/mol. The standard InChI is InChI=1S/C27H37N3O3/c1-33-25-10-11-26(31)24(18-25)21-29-13-5-8-23(20-29)9-12-27(32)30-16-14-28(15-17-30)19-22-6-3-2-4-7-22/h2-4,6-7,10-11,18,23,31H,5,8-9,12-17,19-21H2,1H3/t23-/m1/s1. The molecule has 2 aliphatic rings. The van der Waals surface area contributed by atoms with Crippen LogP contribution in [-0.2, 0) is 17.9 Å². The van der Waals surface area contributed by atoms with Crippen molar-refractivity contribution in [3.05, 3.63) is 59.7 Å². The number of ether oxygens (including phenoxy) is 1. The zero-order valence-corrected chi connectivity index (χ0v) is 19.8. The minimum Gasteiger partial charge on any atom is -0.508 e. The van der Waals surface area contributed by atoms with Crippen LogP contribution in [0.1, 0.15) is 36.8 Å². The first-order chi connectivity index (χ1) is 16.1. The lowest BCUT2D eigenvalue weighted by atomic mass is 9.92. The van der Waals surface area contributed by atoms with E-state index in [1.165, 1.54) is 12.0 Å². The molecule has 0 aliphatic carbocycles. The number of piperazine rings is 1. The van der Waals surface area contributed by atoms with Crippen molar-refractivity contribution < 1.29 is 14.6 Å². The second-order valence-corrected chi connectivity index (χ2v) is 9.42. The van der Waals surface area contributed by atoms with Gasteiger partial charge in [0.2, 0.25) is 5.91 Å². The van der Waals surface area contributed by atoms with E-state index in [1.54, 1.807) is 19.2 Å². The number of carbonyl (C=O) groups is 1. The summed E-state index contributed by atoms with van der Waals surface area (Å²) >= 11 is 0. The van der Waals surface area contributed by atoms with Gasteiger partial charge in [0.15, 0.2) is 0 Å². The summed E-state index contributed by atoms with van der Waals surface area (Å²) < 4.78 is 5.30. The summed E-state index contributed by atoms with van der Waals surface area (Å²) in [6.07, 6.45) is 3.91. The molecule has 1 amide bonds. The number of phenolic OH excluding ortho intramolecular Hbond substituents is 1. The molecule has 6 heteroatoms. The van der Waals surface area contributed by atoms with Crippen LogP contribution in [0, 0.1) is 5.92 Å². The molecule has 2 heterocycles. The Kier molecular flexibility index (Phi) is 8.24. The van der Waals surface area contributed by atoms with E-state index in [-0.39, 0.29) is 0 Å². The number of nitrogens with zero attached hydrogens (tertiary/aromatic N) is 3. The fourth-order valence-electron chi connectivity index (χ4n) is 5.07. The van der Waals surface area contributed by atoms with Crippen LogP contribution in [0.2, 0.25) is 0 Å². The molecule has 1 N–H and O–H groups in total. The van der Waals surface area contributed by atoms with Gasteiger partial charge in [0.05, 0.1) is 7.11 Å². The van der Waals surface area contributed by atoms with Crippen molar-refractivity contribution in [2.75, 3.05) is 46.4 Å². The number of amides is 1. The first kappa shape index (κ1) is 23.6. The lowest BCUT2D eigenvalue weighted by molar-refractivity contribution is -0.133. The van der Waals surface area contributed by atoms with E-state index >= 15 is 0 Å². The molecule has 0 unspecified atom stereocenters.